The summed E-state index contributed by atoms with van der Waals surface area (Å²) in [5.74, 6) is -1.11. The Kier molecular flexibility index (Phi) is 8.21. The summed E-state index contributed by atoms with van der Waals surface area (Å²) < 4.78 is 36.6. The number of rotatable bonds is 8. The van der Waals surface area contributed by atoms with Crippen molar-refractivity contribution in [1.29, 1.82) is 0 Å². The van der Waals surface area contributed by atoms with E-state index < -0.39 is 26.7 Å². The normalized spacial score (nSPS) is 13.8. The molecule has 5 rings (SSSR count). The van der Waals surface area contributed by atoms with Gasteiger partial charge < -0.3 is 10.2 Å². The molecule has 0 bridgehead atoms. The van der Waals surface area contributed by atoms with Crippen molar-refractivity contribution in [3.05, 3.63) is 149 Å². The van der Waals surface area contributed by atoms with Gasteiger partial charge >= 0.3 is 0 Å². The standard InChI is InChI=1S/C36H34O5S/c1-23(26-10-6-4-7-11-26)28-14-16-29(17-15-28)25(3)34-33(30-18-20-31(37)21-19-30)22-32(35(38)36(34)42(39,40)41)24(2)27-12-8-5-9-13-27/h4-25,37-38H,1-3H3,(H,39,40,41). The van der Waals surface area contributed by atoms with Crippen molar-refractivity contribution < 1.29 is 23.2 Å². The first-order valence-electron chi connectivity index (χ1n) is 13.9. The summed E-state index contributed by atoms with van der Waals surface area (Å²) in [6, 6.07) is 35.9. The summed E-state index contributed by atoms with van der Waals surface area (Å²) in [7, 11) is -4.85. The SMILES string of the molecule is CC(c1ccccc1)c1ccc(C(C)c2c(-c3ccc(O)cc3)cc(C(C)c3ccccc3)c(O)c2S(=O)(=O)O)cc1. The topological polar surface area (TPSA) is 94.8 Å². The summed E-state index contributed by atoms with van der Waals surface area (Å²) in [6.07, 6.45) is 0. The maximum Gasteiger partial charge on any atom is 0.298 e. The van der Waals surface area contributed by atoms with Gasteiger partial charge in [-0.2, -0.15) is 8.42 Å². The first kappa shape index (κ1) is 29.1. The van der Waals surface area contributed by atoms with E-state index in [1.807, 2.05) is 86.6 Å². The second-order valence-electron chi connectivity index (χ2n) is 10.8. The van der Waals surface area contributed by atoms with Crippen molar-refractivity contribution in [2.75, 3.05) is 0 Å². The molecule has 0 spiro atoms. The summed E-state index contributed by atoms with van der Waals surface area (Å²) in [6.45, 7) is 5.88. The molecule has 5 nitrogen and oxygen atoms in total. The Morgan fingerprint density at radius 2 is 1.02 bits per heavy atom. The van der Waals surface area contributed by atoms with Crippen molar-refractivity contribution in [2.24, 2.45) is 0 Å². The molecule has 0 amide bonds. The first-order valence-corrected chi connectivity index (χ1v) is 15.4. The van der Waals surface area contributed by atoms with E-state index in [0.29, 0.717) is 16.7 Å². The third-order valence-corrected chi connectivity index (χ3v) is 9.12. The molecule has 42 heavy (non-hydrogen) atoms. The van der Waals surface area contributed by atoms with Crippen LogP contribution in [0.15, 0.2) is 120 Å². The van der Waals surface area contributed by atoms with Crippen LogP contribution in [0.1, 0.15) is 71.9 Å². The Bertz CT molecular complexity index is 1780. The van der Waals surface area contributed by atoms with Crippen LogP contribution in [0.2, 0.25) is 0 Å². The van der Waals surface area contributed by atoms with Crippen molar-refractivity contribution in [1.82, 2.24) is 0 Å². The molecule has 3 N–H and O–H groups in total. The van der Waals surface area contributed by atoms with E-state index in [0.717, 1.165) is 16.7 Å². The Morgan fingerprint density at radius 1 is 0.571 bits per heavy atom. The molecule has 0 heterocycles. The molecule has 0 radical (unpaired) electrons. The quantitative estimate of drug-likeness (QED) is 0.161. The summed E-state index contributed by atoms with van der Waals surface area (Å²) in [5.41, 5.74) is 5.87. The van der Waals surface area contributed by atoms with Gasteiger partial charge in [0.1, 0.15) is 16.4 Å². The molecule has 5 aromatic rings. The fourth-order valence-electron chi connectivity index (χ4n) is 5.68. The van der Waals surface area contributed by atoms with E-state index in [2.05, 4.69) is 19.1 Å². The second-order valence-corrected chi connectivity index (χ2v) is 12.1. The predicted octanol–water partition coefficient (Wildman–Crippen LogP) is 8.47. The van der Waals surface area contributed by atoms with Crippen molar-refractivity contribution in [2.45, 2.75) is 43.4 Å². The summed E-state index contributed by atoms with van der Waals surface area (Å²) in [4.78, 5) is -0.500. The third-order valence-electron chi connectivity index (χ3n) is 8.19. The van der Waals surface area contributed by atoms with Gasteiger partial charge in [0.25, 0.3) is 10.1 Å². The molecule has 3 unspecified atom stereocenters. The smallest absolute Gasteiger partial charge is 0.298 e. The number of benzene rings is 5. The second kappa shape index (κ2) is 11.8. The van der Waals surface area contributed by atoms with E-state index in [1.165, 1.54) is 17.7 Å². The van der Waals surface area contributed by atoms with E-state index in [4.69, 9.17) is 0 Å². The van der Waals surface area contributed by atoms with Crippen molar-refractivity contribution in [3.63, 3.8) is 0 Å². The number of aromatic hydroxyl groups is 2. The van der Waals surface area contributed by atoms with Crippen LogP contribution in [0.4, 0.5) is 0 Å². The Balaban J connectivity index is 1.69. The lowest BCUT2D eigenvalue weighted by molar-refractivity contribution is 0.433. The highest BCUT2D eigenvalue weighted by atomic mass is 32.2. The zero-order valence-electron chi connectivity index (χ0n) is 23.8. The van der Waals surface area contributed by atoms with Gasteiger partial charge in [-0.3, -0.25) is 4.55 Å². The van der Waals surface area contributed by atoms with Crippen LogP contribution < -0.4 is 0 Å². The van der Waals surface area contributed by atoms with Gasteiger partial charge in [-0.15, -0.1) is 0 Å². The molecule has 6 heteroatoms. The van der Waals surface area contributed by atoms with E-state index >= 15 is 0 Å². The Morgan fingerprint density at radius 3 is 1.52 bits per heavy atom. The molecule has 3 atom stereocenters. The maximum absolute atomic E-state index is 13.0. The number of hydrogen-bond donors (Lipinski definition) is 3. The van der Waals surface area contributed by atoms with Gasteiger partial charge in [-0.05, 0) is 57.1 Å². The predicted molar refractivity (Wildman–Crippen MR) is 167 cm³/mol. The lowest BCUT2D eigenvalue weighted by atomic mass is 9.82. The lowest BCUT2D eigenvalue weighted by Gasteiger charge is -2.25. The zero-order chi connectivity index (χ0) is 30.0. The maximum atomic E-state index is 13.0. The molecular weight excluding hydrogens is 544 g/mol. The van der Waals surface area contributed by atoms with Crippen LogP contribution in [0.5, 0.6) is 11.5 Å². The van der Waals surface area contributed by atoms with E-state index in [9.17, 15) is 23.2 Å². The Labute approximate surface area is 247 Å². The van der Waals surface area contributed by atoms with Gasteiger partial charge in [0, 0.05) is 23.3 Å². The van der Waals surface area contributed by atoms with Gasteiger partial charge in [0.05, 0.1) is 0 Å². The first-order chi connectivity index (χ1) is 20.1. The van der Waals surface area contributed by atoms with Crippen LogP contribution in [0.25, 0.3) is 11.1 Å². The van der Waals surface area contributed by atoms with Gasteiger partial charge in [-0.25, -0.2) is 0 Å². The minimum atomic E-state index is -4.85. The summed E-state index contributed by atoms with van der Waals surface area (Å²) >= 11 is 0. The molecule has 0 aromatic heterocycles. The molecular formula is C36H34O5S. The molecule has 214 valence electrons. The molecule has 5 aromatic carbocycles. The number of phenols is 2. The van der Waals surface area contributed by atoms with E-state index in [1.54, 1.807) is 18.2 Å². The highest BCUT2D eigenvalue weighted by molar-refractivity contribution is 7.86. The highest BCUT2D eigenvalue weighted by Gasteiger charge is 2.32. The third kappa shape index (κ3) is 5.82. The van der Waals surface area contributed by atoms with Crippen LogP contribution in [-0.4, -0.2) is 23.2 Å². The van der Waals surface area contributed by atoms with Crippen LogP contribution in [0.3, 0.4) is 0 Å². The molecule has 0 saturated carbocycles. The minimum Gasteiger partial charge on any atom is -0.508 e. The van der Waals surface area contributed by atoms with Crippen LogP contribution >= 0.6 is 0 Å². The monoisotopic (exact) mass is 578 g/mol. The Hall–Kier alpha value is -4.39. The zero-order valence-corrected chi connectivity index (χ0v) is 24.6. The molecule has 0 saturated heterocycles. The van der Waals surface area contributed by atoms with Crippen molar-refractivity contribution >= 4 is 10.1 Å². The average Bonchev–Trinajstić information content (AvgIpc) is 3.00. The van der Waals surface area contributed by atoms with Gasteiger partial charge in [0.2, 0.25) is 0 Å². The van der Waals surface area contributed by atoms with E-state index in [-0.39, 0.29) is 23.1 Å². The summed E-state index contributed by atoms with van der Waals surface area (Å²) in [5, 5.41) is 21.5. The van der Waals surface area contributed by atoms with Crippen LogP contribution in [-0.2, 0) is 10.1 Å². The molecule has 0 aliphatic rings. The average molecular weight is 579 g/mol. The fraction of sp³-hybridized carbons (Fsp3) is 0.167. The van der Waals surface area contributed by atoms with Crippen LogP contribution in [0, 0.1) is 0 Å². The van der Waals surface area contributed by atoms with Gasteiger partial charge in [-0.1, -0.05) is 118 Å². The molecule has 0 aliphatic carbocycles. The number of phenolic OH excluding ortho intramolecular Hbond substituents is 2. The highest BCUT2D eigenvalue weighted by Crippen LogP contribution is 2.46. The largest absolute Gasteiger partial charge is 0.508 e. The lowest BCUT2D eigenvalue weighted by Crippen LogP contribution is -2.12. The minimum absolute atomic E-state index is 0.0723. The fourth-order valence-corrected chi connectivity index (χ4v) is 6.61. The molecule has 0 aliphatic heterocycles. The van der Waals surface area contributed by atoms with Crippen molar-refractivity contribution in [3.8, 4) is 22.6 Å². The van der Waals surface area contributed by atoms with Gasteiger partial charge in [0.15, 0.2) is 0 Å². The molecule has 0 fully saturated rings. The number of hydrogen-bond acceptors (Lipinski definition) is 4.